The van der Waals surface area contributed by atoms with E-state index >= 15 is 0 Å². The summed E-state index contributed by atoms with van der Waals surface area (Å²) in [6.45, 7) is 16.6. The lowest BCUT2D eigenvalue weighted by Gasteiger charge is -2.15. The Balaban J connectivity index is 0.000000248. The van der Waals surface area contributed by atoms with Gasteiger partial charge >= 0.3 is 0 Å². The summed E-state index contributed by atoms with van der Waals surface area (Å²) in [4.78, 5) is 10.6. The standard InChI is InChI=1S/C16H26O.C15H21NO.C10H13NO2/c1-3-9-15(10-4-2)13-14-17-16-11-7-5-6-8-12-16;1-4-5-10-16-11-9-13-7-6-8-14(15(13)16)17-12(2)3;1-7-3-4-9(5-10(7)13)6-11-8(2)12/h5-7,11-12,15H,3-4,8-10,13-14H2,1-2H3;6-9,11-12H,4-5,10H2,1-3H3;3-5,13H,6H2,1-2H3,(H,11,12). The summed E-state index contributed by atoms with van der Waals surface area (Å²) in [7, 11) is 0. The number of hydrogen-bond acceptors (Lipinski definition) is 4. The monoisotopic (exact) mass is 644 g/mol. The Morgan fingerprint density at radius 1 is 1.00 bits per heavy atom. The van der Waals surface area contributed by atoms with Crippen LogP contribution in [-0.4, -0.2) is 28.3 Å². The minimum atomic E-state index is -0.0694. The van der Waals surface area contributed by atoms with E-state index in [-0.39, 0.29) is 17.8 Å². The number of amides is 1. The lowest BCUT2D eigenvalue weighted by atomic mass is 9.95. The Hall–Kier alpha value is -3.93. The quantitative estimate of drug-likeness (QED) is 0.173. The van der Waals surface area contributed by atoms with E-state index in [0.717, 1.165) is 48.1 Å². The first-order valence-corrected chi connectivity index (χ1v) is 17.6. The van der Waals surface area contributed by atoms with Crippen LogP contribution in [0.25, 0.3) is 10.9 Å². The van der Waals surface area contributed by atoms with Crippen molar-refractivity contribution in [2.24, 2.45) is 5.92 Å². The van der Waals surface area contributed by atoms with Crippen molar-refractivity contribution in [2.75, 3.05) is 6.61 Å². The zero-order valence-electron chi connectivity index (χ0n) is 30.1. The van der Waals surface area contributed by atoms with Crippen LogP contribution in [0.3, 0.4) is 0 Å². The van der Waals surface area contributed by atoms with E-state index in [4.69, 9.17) is 9.47 Å². The van der Waals surface area contributed by atoms with Gasteiger partial charge in [0.2, 0.25) is 5.91 Å². The van der Waals surface area contributed by atoms with Gasteiger partial charge < -0.3 is 24.5 Å². The van der Waals surface area contributed by atoms with Gasteiger partial charge in [0.1, 0.15) is 17.3 Å². The third-order valence-corrected chi connectivity index (χ3v) is 7.83. The first-order valence-electron chi connectivity index (χ1n) is 17.6. The van der Waals surface area contributed by atoms with Crippen LogP contribution in [-0.2, 0) is 22.6 Å². The van der Waals surface area contributed by atoms with Crippen molar-refractivity contribution in [1.82, 2.24) is 9.88 Å². The summed E-state index contributed by atoms with van der Waals surface area (Å²) >= 11 is 0. The largest absolute Gasteiger partial charge is 0.508 e. The fraction of sp³-hybridized carbons (Fsp3) is 0.488. The van der Waals surface area contributed by atoms with Crippen LogP contribution in [0.4, 0.5) is 0 Å². The molecule has 0 saturated heterocycles. The smallest absolute Gasteiger partial charge is 0.217 e. The molecule has 6 heteroatoms. The van der Waals surface area contributed by atoms with Crippen LogP contribution in [0.5, 0.6) is 11.5 Å². The molecule has 6 nitrogen and oxygen atoms in total. The van der Waals surface area contributed by atoms with Gasteiger partial charge in [-0.25, -0.2) is 0 Å². The van der Waals surface area contributed by atoms with Gasteiger partial charge in [0, 0.05) is 31.6 Å². The molecule has 1 aliphatic carbocycles. The molecule has 3 aromatic rings. The van der Waals surface area contributed by atoms with Crippen LogP contribution < -0.4 is 10.1 Å². The Labute approximate surface area is 284 Å². The number of carbonyl (C=O) groups is 1. The van der Waals surface area contributed by atoms with Gasteiger partial charge in [-0.2, -0.15) is 0 Å². The summed E-state index contributed by atoms with van der Waals surface area (Å²) < 4.78 is 14.0. The van der Waals surface area contributed by atoms with Gasteiger partial charge in [0.25, 0.3) is 0 Å². The lowest BCUT2D eigenvalue weighted by Crippen LogP contribution is -2.18. The van der Waals surface area contributed by atoms with Crippen molar-refractivity contribution < 1.29 is 19.4 Å². The fourth-order valence-electron chi connectivity index (χ4n) is 5.34. The molecular weight excluding hydrogens is 584 g/mol. The normalized spacial score (nSPS) is 12.1. The number of rotatable bonds is 15. The summed E-state index contributed by atoms with van der Waals surface area (Å²) in [5, 5.41) is 13.3. The number of phenolic OH excluding ortho intramolecular Hbond substituents is 1. The molecule has 1 amide bonds. The Bertz CT molecular complexity index is 1410. The van der Waals surface area contributed by atoms with Crippen LogP contribution in [0.15, 0.2) is 84.8 Å². The summed E-state index contributed by atoms with van der Waals surface area (Å²) in [5.74, 6) is 3.07. The van der Waals surface area contributed by atoms with Crippen molar-refractivity contribution in [3.05, 3.63) is 95.9 Å². The number of ether oxygens (including phenoxy) is 2. The number of benzene rings is 2. The maximum Gasteiger partial charge on any atom is 0.217 e. The highest BCUT2D eigenvalue weighted by Gasteiger charge is 2.09. The van der Waals surface area contributed by atoms with Gasteiger partial charge in [-0.15, -0.1) is 0 Å². The Morgan fingerprint density at radius 3 is 2.43 bits per heavy atom. The number of fused-ring (bicyclic) bond motifs is 1. The molecular formula is C41H60N2O4. The summed E-state index contributed by atoms with van der Waals surface area (Å²) in [6.07, 6.45) is 22.7. The SMILES string of the molecule is CC(=O)NCc1ccc(C)c(O)c1.CCCC(CCC)CCOC1=CCC=CC=C1.CCCCn1ccc2cccc(OC(C)C)c21. The van der Waals surface area contributed by atoms with Gasteiger partial charge in [-0.1, -0.05) is 95.4 Å². The van der Waals surface area contributed by atoms with Gasteiger partial charge in [-0.05, 0) is 87.4 Å². The predicted molar refractivity (Wildman–Crippen MR) is 198 cm³/mol. The molecule has 0 bridgehead atoms. The highest BCUT2D eigenvalue weighted by atomic mass is 16.5. The van der Waals surface area contributed by atoms with Gasteiger partial charge in [0.15, 0.2) is 0 Å². The number of para-hydroxylation sites is 1. The minimum absolute atomic E-state index is 0.0694. The number of phenols is 1. The molecule has 1 aliphatic rings. The second-order valence-corrected chi connectivity index (χ2v) is 12.5. The van der Waals surface area contributed by atoms with Crippen LogP contribution in [0.2, 0.25) is 0 Å². The van der Waals surface area contributed by atoms with Crippen LogP contribution >= 0.6 is 0 Å². The topological polar surface area (TPSA) is 72.7 Å². The number of nitrogens with zero attached hydrogens (tertiary/aromatic N) is 1. The number of nitrogens with one attached hydrogen (secondary N) is 1. The molecule has 2 N–H and O–H groups in total. The second kappa shape index (κ2) is 22.6. The highest BCUT2D eigenvalue weighted by Crippen LogP contribution is 2.28. The van der Waals surface area contributed by atoms with E-state index in [2.05, 4.69) is 105 Å². The van der Waals surface area contributed by atoms with E-state index in [1.807, 2.05) is 19.1 Å². The molecule has 0 aliphatic heterocycles. The van der Waals surface area contributed by atoms with Crippen molar-refractivity contribution in [3.8, 4) is 11.5 Å². The number of hydrogen-bond donors (Lipinski definition) is 2. The molecule has 0 saturated carbocycles. The highest BCUT2D eigenvalue weighted by molar-refractivity contribution is 5.86. The number of allylic oxidation sites excluding steroid dienone is 5. The van der Waals surface area contributed by atoms with Crippen molar-refractivity contribution in [3.63, 3.8) is 0 Å². The maximum absolute atomic E-state index is 10.6. The number of aromatic hydroxyl groups is 1. The predicted octanol–water partition coefficient (Wildman–Crippen LogP) is 10.6. The van der Waals surface area contributed by atoms with Gasteiger partial charge in [0.05, 0.1) is 18.2 Å². The molecule has 258 valence electrons. The number of unbranched alkanes of at least 4 members (excludes halogenated alkanes) is 1. The first kappa shape index (κ1) is 39.2. The van der Waals surface area contributed by atoms with E-state index in [9.17, 15) is 9.90 Å². The number of aryl methyl sites for hydroxylation is 2. The molecule has 0 spiro atoms. The second-order valence-electron chi connectivity index (χ2n) is 12.5. The van der Waals surface area contributed by atoms with E-state index < -0.39 is 0 Å². The summed E-state index contributed by atoms with van der Waals surface area (Å²) in [5.41, 5.74) is 2.97. The van der Waals surface area contributed by atoms with Crippen molar-refractivity contribution in [1.29, 1.82) is 0 Å². The Morgan fingerprint density at radius 2 is 1.77 bits per heavy atom. The zero-order valence-corrected chi connectivity index (χ0v) is 30.1. The molecule has 1 heterocycles. The van der Waals surface area contributed by atoms with Crippen LogP contribution in [0.1, 0.15) is 104 Å². The summed E-state index contributed by atoms with van der Waals surface area (Å²) in [6, 6.07) is 13.8. The number of aromatic nitrogens is 1. The molecule has 2 aromatic carbocycles. The van der Waals surface area contributed by atoms with E-state index in [0.29, 0.717) is 6.54 Å². The Kier molecular flexibility index (Phi) is 18.8. The van der Waals surface area contributed by atoms with E-state index in [1.54, 1.807) is 6.07 Å². The van der Waals surface area contributed by atoms with Crippen LogP contribution in [0, 0.1) is 12.8 Å². The molecule has 4 rings (SSSR count). The molecule has 0 fully saturated rings. The average Bonchev–Trinajstić information content (AvgIpc) is 3.28. The fourth-order valence-corrected chi connectivity index (χ4v) is 5.34. The zero-order chi connectivity index (χ0) is 34.4. The van der Waals surface area contributed by atoms with Crippen molar-refractivity contribution >= 4 is 16.8 Å². The molecule has 1 aromatic heterocycles. The van der Waals surface area contributed by atoms with Crippen molar-refractivity contribution in [2.45, 2.75) is 119 Å². The molecule has 47 heavy (non-hydrogen) atoms. The maximum atomic E-state index is 10.6. The van der Waals surface area contributed by atoms with Gasteiger partial charge in [-0.3, -0.25) is 4.79 Å². The third-order valence-electron chi connectivity index (χ3n) is 7.83. The first-order chi connectivity index (χ1) is 22.7. The molecule has 0 atom stereocenters. The molecule has 0 unspecified atom stereocenters. The van der Waals surface area contributed by atoms with E-state index in [1.165, 1.54) is 62.8 Å². The minimum Gasteiger partial charge on any atom is -0.508 e. The third kappa shape index (κ3) is 15.5. The number of carbonyl (C=O) groups excluding carboxylic acids is 1. The molecule has 0 radical (unpaired) electrons. The average molecular weight is 645 g/mol. The lowest BCUT2D eigenvalue weighted by molar-refractivity contribution is -0.119.